The summed E-state index contributed by atoms with van der Waals surface area (Å²) >= 11 is 0. The zero-order valence-corrected chi connectivity index (χ0v) is 12.9. The third-order valence-electron chi connectivity index (χ3n) is 3.05. The maximum atomic E-state index is 12.7. The summed E-state index contributed by atoms with van der Waals surface area (Å²) in [4.78, 5) is 23.8. The molecule has 0 bridgehead atoms. The molecule has 1 aromatic heterocycles. The lowest BCUT2D eigenvalue weighted by molar-refractivity contribution is -0.147. The number of benzene rings is 1. The summed E-state index contributed by atoms with van der Waals surface area (Å²) in [5, 5.41) is 5.66. The van der Waals surface area contributed by atoms with Crippen LogP contribution in [0.3, 0.4) is 0 Å². The number of ether oxygens (including phenoxy) is 1. The van der Waals surface area contributed by atoms with Gasteiger partial charge in [0.15, 0.2) is 0 Å². The number of rotatable bonds is 5. The predicted octanol–water partition coefficient (Wildman–Crippen LogP) is 1.64. The summed E-state index contributed by atoms with van der Waals surface area (Å²) < 4.78 is 44.3. The summed E-state index contributed by atoms with van der Waals surface area (Å²) in [6, 6.07) is 6.57. The van der Waals surface area contributed by atoms with E-state index in [1.165, 1.54) is 0 Å². The zero-order chi connectivity index (χ0) is 17.9. The van der Waals surface area contributed by atoms with E-state index < -0.39 is 30.1 Å². The number of nitrogens with zero attached hydrogens (tertiary/aromatic N) is 3. The van der Waals surface area contributed by atoms with E-state index >= 15 is 0 Å². The van der Waals surface area contributed by atoms with Gasteiger partial charge in [0, 0.05) is 7.05 Å². The van der Waals surface area contributed by atoms with Gasteiger partial charge < -0.3 is 10.1 Å². The lowest BCUT2D eigenvalue weighted by Gasteiger charge is -2.10. The van der Waals surface area contributed by atoms with Crippen LogP contribution in [0.5, 0.6) is 5.75 Å². The van der Waals surface area contributed by atoms with Crippen molar-refractivity contribution in [1.82, 2.24) is 14.3 Å². The van der Waals surface area contributed by atoms with Gasteiger partial charge >= 0.3 is 11.9 Å². The van der Waals surface area contributed by atoms with Crippen LogP contribution in [0.1, 0.15) is 12.7 Å². The van der Waals surface area contributed by atoms with E-state index in [4.69, 9.17) is 4.74 Å². The Labute approximate surface area is 134 Å². The van der Waals surface area contributed by atoms with Gasteiger partial charge in [-0.25, -0.2) is 9.48 Å². The minimum Gasteiger partial charge on any atom is -0.492 e. The molecule has 0 unspecified atom stereocenters. The summed E-state index contributed by atoms with van der Waals surface area (Å²) in [5.41, 5.74) is -0.681. The minimum absolute atomic E-state index is 0.349. The molecule has 1 N–H and O–H groups in total. The molecule has 10 heteroatoms. The third kappa shape index (κ3) is 3.76. The van der Waals surface area contributed by atoms with Crippen molar-refractivity contribution in [3.63, 3.8) is 0 Å². The molecular formula is C14H15F3N4O3. The molecule has 0 aliphatic carbocycles. The standard InChI is InChI=1S/C14H15F3N4O3/c1-3-24-10-7-5-4-6-9(10)18-11(22)8-21-13(23)20(2)12(19-21)14(15,16)17/h4-7H,3,8H2,1-2H3,(H,18,22). The van der Waals surface area contributed by atoms with Gasteiger partial charge in [0.05, 0.1) is 12.3 Å². The van der Waals surface area contributed by atoms with Crippen LogP contribution < -0.4 is 15.7 Å². The number of alkyl halides is 3. The fourth-order valence-corrected chi connectivity index (χ4v) is 2.01. The van der Waals surface area contributed by atoms with Crippen LogP contribution in [-0.2, 0) is 24.6 Å². The number of amides is 1. The van der Waals surface area contributed by atoms with Crippen molar-refractivity contribution < 1.29 is 22.7 Å². The molecule has 2 rings (SSSR count). The Hall–Kier alpha value is -2.78. The van der Waals surface area contributed by atoms with Gasteiger partial charge in [-0.3, -0.25) is 9.36 Å². The molecule has 0 saturated carbocycles. The fraction of sp³-hybridized carbons (Fsp3) is 0.357. The lowest BCUT2D eigenvalue weighted by Crippen LogP contribution is -2.29. The van der Waals surface area contributed by atoms with Gasteiger partial charge in [0.1, 0.15) is 12.3 Å². The number of para-hydroxylation sites is 2. The SMILES string of the molecule is CCOc1ccccc1NC(=O)Cn1nc(C(F)(F)F)n(C)c1=O. The highest BCUT2D eigenvalue weighted by Crippen LogP contribution is 2.26. The van der Waals surface area contributed by atoms with Crippen molar-refractivity contribution in [3.05, 3.63) is 40.6 Å². The minimum atomic E-state index is -4.78. The van der Waals surface area contributed by atoms with Crippen LogP contribution in [-0.4, -0.2) is 26.9 Å². The Morgan fingerprint density at radius 2 is 2.00 bits per heavy atom. The van der Waals surface area contributed by atoms with E-state index in [0.717, 1.165) is 7.05 Å². The summed E-state index contributed by atoms with van der Waals surface area (Å²) in [5.74, 6) is -1.65. The Morgan fingerprint density at radius 1 is 1.33 bits per heavy atom. The number of nitrogens with one attached hydrogen (secondary N) is 1. The highest BCUT2D eigenvalue weighted by molar-refractivity contribution is 5.92. The molecule has 0 saturated heterocycles. The molecule has 0 spiro atoms. The van der Waals surface area contributed by atoms with Crippen LogP contribution in [0, 0.1) is 0 Å². The topological polar surface area (TPSA) is 78.2 Å². The molecule has 0 aliphatic heterocycles. The van der Waals surface area contributed by atoms with Crippen molar-refractivity contribution in [2.45, 2.75) is 19.6 Å². The molecule has 7 nitrogen and oxygen atoms in total. The average Bonchev–Trinajstić information content (AvgIpc) is 2.78. The molecule has 2 aromatic rings. The van der Waals surface area contributed by atoms with Gasteiger partial charge in [0.25, 0.3) is 0 Å². The van der Waals surface area contributed by atoms with Gasteiger partial charge in [-0.05, 0) is 19.1 Å². The second-order valence-corrected chi connectivity index (χ2v) is 4.80. The lowest BCUT2D eigenvalue weighted by atomic mass is 10.3. The van der Waals surface area contributed by atoms with E-state index in [1.807, 2.05) is 0 Å². The first kappa shape index (κ1) is 17.6. The summed E-state index contributed by atoms with van der Waals surface area (Å²) in [7, 11) is 0.941. The first-order chi connectivity index (χ1) is 11.2. The second-order valence-electron chi connectivity index (χ2n) is 4.80. The summed E-state index contributed by atoms with van der Waals surface area (Å²) in [6.45, 7) is 1.50. The number of aromatic nitrogens is 3. The highest BCUT2D eigenvalue weighted by Gasteiger charge is 2.38. The van der Waals surface area contributed by atoms with Gasteiger partial charge in [0.2, 0.25) is 11.7 Å². The van der Waals surface area contributed by atoms with Crippen molar-refractivity contribution in [1.29, 1.82) is 0 Å². The molecule has 0 aliphatic rings. The van der Waals surface area contributed by atoms with E-state index in [-0.39, 0.29) is 0 Å². The fourth-order valence-electron chi connectivity index (χ4n) is 2.01. The van der Waals surface area contributed by atoms with E-state index in [0.29, 0.717) is 27.3 Å². The largest absolute Gasteiger partial charge is 0.492 e. The Morgan fingerprint density at radius 3 is 2.58 bits per heavy atom. The second kappa shape index (κ2) is 6.77. The van der Waals surface area contributed by atoms with Crippen LogP contribution in [0.15, 0.2) is 29.1 Å². The predicted molar refractivity (Wildman–Crippen MR) is 78.7 cm³/mol. The molecule has 1 aromatic carbocycles. The van der Waals surface area contributed by atoms with Gasteiger partial charge in [-0.2, -0.15) is 13.2 Å². The molecule has 24 heavy (non-hydrogen) atoms. The quantitative estimate of drug-likeness (QED) is 0.894. The smallest absolute Gasteiger partial charge is 0.451 e. The molecule has 0 radical (unpaired) electrons. The Balaban J connectivity index is 2.18. The zero-order valence-electron chi connectivity index (χ0n) is 12.9. The maximum absolute atomic E-state index is 12.7. The third-order valence-corrected chi connectivity index (χ3v) is 3.05. The van der Waals surface area contributed by atoms with E-state index in [1.54, 1.807) is 31.2 Å². The normalized spacial score (nSPS) is 11.4. The van der Waals surface area contributed by atoms with Gasteiger partial charge in [-0.1, -0.05) is 12.1 Å². The number of hydrogen-bond donors (Lipinski definition) is 1. The number of anilines is 1. The summed E-state index contributed by atoms with van der Waals surface area (Å²) in [6.07, 6.45) is -4.78. The number of carbonyl (C=O) groups excluding carboxylic acids is 1. The monoisotopic (exact) mass is 344 g/mol. The molecule has 130 valence electrons. The van der Waals surface area contributed by atoms with Crippen LogP contribution in [0.25, 0.3) is 0 Å². The molecule has 1 amide bonds. The van der Waals surface area contributed by atoms with Crippen LogP contribution in [0.4, 0.5) is 18.9 Å². The van der Waals surface area contributed by atoms with Crippen LogP contribution >= 0.6 is 0 Å². The Kier molecular flexibility index (Phi) is 4.96. The first-order valence-electron chi connectivity index (χ1n) is 6.96. The van der Waals surface area contributed by atoms with E-state index in [9.17, 15) is 22.8 Å². The first-order valence-corrected chi connectivity index (χ1v) is 6.96. The molecule has 0 fully saturated rings. The average molecular weight is 344 g/mol. The number of hydrogen-bond acceptors (Lipinski definition) is 4. The Bertz CT molecular complexity index is 795. The number of halogens is 3. The van der Waals surface area contributed by atoms with Gasteiger partial charge in [-0.15, -0.1) is 5.10 Å². The van der Waals surface area contributed by atoms with Crippen molar-refractivity contribution in [3.8, 4) is 5.75 Å². The van der Waals surface area contributed by atoms with Crippen molar-refractivity contribution in [2.75, 3.05) is 11.9 Å². The highest BCUT2D eigenvalue weighted by atomic mass is 19.4. The molecule has 1 heterocycles. The maximum Gasteiger partial charge on any atom is 0.451 e. The van der Waals surface area contributed by atoms with Crippen molar-refractivity contribution in [2.24, 2.45) is 7.05 Å². The number of carbonyl (C=O) groups is 1. The molecule has 0 atom stereocenters. The molecular weight excluding hydrogens is 329 g/mol. The van der Waals surface area contributed by atoms with Crippen molar-refractivity contribution >= 4 is 11.6 Å². The van der Waals surface area contributed by atoms with Crippen LogP contribution in [0.2, 0.25) is 0 Å². The van der Waals surface area contributed by atoms with E-state index in [2.05, 4.69) is 10.4 Å².